The molecule has 0 amide bonds. The quantitative estimate of drug-likeness (QED) is 0.803. The molecule has 17 heavy (non-hydrogen) atoms. The molecule has 6 nitrogen and oxygen atoms in total. The van der Waals surface area contributed by atoms with E-state index in [2.05, 4.69) is 0 Å². The summed E-state index contributed by atoms with van der Waals surface area (Å²) in [6.07, 6.45) is 0.684. The van der Waals surface area contributed by atoms with E-state index in [1.165, 1.54) is 19.2 Å². The number of nitrogens with two attached hydrogens (primary N) is 1. The third-order valence-corrected chi connectivity index (χ3v) is 4.15. The lowest BCUT2D eigenvalue weighted by Gasteiger charge is -2.16. The molecule has 0 aliphatic carbocycles. The van der Waals surface area contributed by atoms with Crippen molar-refractivity contribution in [3.8, 4) is 5.75 Å². The summed E-state index contributed by atoms with van der Waals surface area (Å²) < 4.78 is 30.5. The predicted molar refractivity (Wildman–Crippen MR) is 61.9 cm³/mol. The second kappa shape index (κ2) is 4.52. The van der Waals surface area contributed by atoms with Gasteiger partial charge < -0.3 is 10.5 Å². The van der Waals surface area contributed by atoms with Crippen LogP contribution in [0.1, 0.15) is 6.42 Å². The highest BCUT2D eigenvalue weighted by molar-refractivity contribution is 7.89. The van der Waals surface area contributed by atoms with Crippen molar-refractivity contribution in [2.45, 2.75) is 11.3 Å². The zero-order valence-corrected chi connectivity index (χ0v) is 10.2. The Hall–Kier alpha value is -1.31. The molecule has 0 aromatic heterocycles. The zero-order valence-electron chi connectivity index (χ0n) is 9.42. The van der Waals surface area contributed by atoms with Gasteiger partial charge in [0.1, 0.15) is 10.6 Å². The molecule has 0 spiro atoms. The van der Waals surface area contributed by atoms with Crippen molar-refractivity contribution in [1.29, 1.82) is 0 Å². The number of sulfonamides is 1. The number of ether oxygens (including phenoxy) is 1. The SMILES string of the molecule is COc1ccc(N)cc1S(=O)(=O)N1CCCO1. The highest BCUT2D eigenvalue weighted by Crippen LogP contribution is 2.29. The van der Waals surface area contributed by atoms with Gasteiger partial charge in [0.25, 0.3) is 10.0 Å². The maximum atomic E-state index is 12.2. The number of hydroxylamine groups is 1. The molecule has 94 valence electrons. The lowest BCUT2D eigenvalue weighted by molar-refractivity contribution is -0.0285. The predicted octanol–water partition coefficient (Wildman–Crippen LogP) is 0.603. The molecule has 1 fully saturated rings. The number of rotatable bonds is 3. The van der Waals surface area contributed by atoms with Gasteiger partial charge in [-0.05, 0) is 24.6 Å². The lowest BCUT2D eigenvalue weighted by Crippen LogP contribution is -2.27. The van der Waals surface area contributed by atoms with E-state index in [4.69, 9.17) is 15.3 Å². The number of nitrogens with zero attached hydrogens (tertiary/aromatic N) is 1. The fourth-order valence-electron chi connectivity index (χ4n) is 1.62. The molecule has 2 N–H and O–H groups in total. The minimum absolute atomic E-state index is 0.0295. The third kappa shape index (κ3) is 2.21. The van der Waals surface area contributed by atoms with E-state index in [-0.39, 0.29) is 10.6 Å². The first-order valence-electron chi connectivity index (χ1n) is 5.15. The van der Waals surface area contributed by atoms with E-state index in [1.807, 2.05) is 0 Å². The summed E-state index contributed by atoms with van der Waals surface area (Å²) in [5.41, 5.74) is 5.96. The van der Waals surface area contributed by atoms with Crippen molar-refractivity contribution in [3.05, 3.63) is 18.2 Å². The second-order valence-corrected chi connectivity index (χ2v) is 5.43. The van der Waals surface area contributed by atoms with Crippen molar-refractivity contribution >= 4 is 15.7 Å². The van der Waals surface area contributed by atoms with Crippen LogP contribution in [-0.4, -0.2) is 33.1 Å². The average molecular weight is 258 g/mol. The normalized spacial score (nSPS) is 17.2. The van der Waals surface area contributed by atoms with Gasteiger partial charge in [-0.2, -0.15) is 0 Å². The van der Waals surface area contributed by atoms with E-state index >= 15 is 0 Å². The highest BCUT2D eigenvalue weighted by Gasteiger charge is 2.31. The topological polar surface area (TPSA) is 81.9 Å². The Labute approximate surface area is 99.9 Å². The van der Waals surface area contributed by atoms with Crippen LogP contribution < -0.4 is 10.5 Å². The van der Waals surface area contributed by atoms with Gasteiger partial charge in [-0.25, -0.2) is 8.42 Å². The fourth-order valence-corrected chi connectivity index (χ4v) is 3.11. The summed E-state index contributed by atoms with van der Waals surface area (Å²) in [5.74, 6) is 0.259. The third-order valence-electron chi connectivity index (χ3n) is 2.45. The van der Waals surface area contributed by atoms with Crippen molar-refractivity contribution in [1.82, 2.24) is 4.47 Å². The van der Waals surface area contributed by atoms with Gasteiger partial charge in [0, 0.05) is 12.2 Å². The zero-order chi connectivity index (χ0) is 12.5. The summed E-state index contributed by atoms with van der Waals surface area (Å²) in [6.45, 7) is 0.754. The maximum absolute atomic E-state index is 12.2. The number of hydrogen-bond donors (Lipinski definition) is 1. The van der Waals surface area contributed by atoms with Crippen molar-refractivity contribution < 1.29 is 18.0 Å². The van der Waals surface area contributed by atoms with Gasteiger partial charge in [-0.3, -0.25) is 4.84 Å². The molecule has 0 bridgehead atoms. The van der Waals surface area contributed by atoms with Gasteiger partial charge in [-0.15, -0.1) is 0 Å². The Morgan fingerprint density at radius 1 is 1.47 bits per heavy atom. The Balaban J connectivity index is 2.47. The first-order valence-corrected chi connectivity index (χ1v) is 6.59. The van der Waals surface area contributed by atoms with E-state index in [0.29, 0.717) is 25.3 Å². The van der Waals surface area contributed by atoms with Gasteiger partial charge in [0.15, 0.2) is 0 Å². The summed E-state index contributed by atoms with van der Waals surface area (Å²) >= 11 is 0. The van der Waals surface area contributed by atoms with Crippen molar-refractivity contribution in [2.75, 3.05) is 26.0 Å². The highest BCUT2D eigenvalue weighted by atomic mass is 32.2. The standard InChI is InChI=1S/C10H14N2O4S/c1-15-9-4-3-8(11)7-10(9)17(13,14)12-5-2-6-16-12/h3-4,7H,2,5-6,11H2,1H3. The monoisotopic (exact) mass is 258 g/mol. The van der Waals surface area contributed by atoms with E-state index in [1.54, 1.807) is 6.07 Å². The minimum Gasteiger partial charge on any atom is -0.495 e. The van der Waals surface area contributed by atoms with Crippen LogP contribution >= 0.6 is 0 Å². The summed E-state index contributed by atoms with van der Waals surface area (Å²) in [6, 6.07) is 4.48. The second-order valence-electron chi connectivity index (χ2n) is 3.63. The molecule has 1 heterocycles. The molecule has 1 aromatic carbocycles. The van der Waals surface area contributed by atoms with Gasteiger partial charge in [0.2, 0.25) is 0 Å². The van der Waals surface area contributed by atoms with Crippen LogP contribution in [-0.2, 0) is 14.9 Å². The first kappa shape index (κ1) is 12.2. The molecule has 2 rings (SSSR count). The molecule has 0 unspecified atom stereocenters. The van der Waals surface area contributed by atoms with Crippen LogP contribution in [0.2, 0.25) is 0 Å². The molecular weight excluding hydrogens is 244 g/mol. The molecule has 1 aliphatic rings. The number of benzene rings is 1. The Morgan fingerprint density at radius 3 is 2.82 bits per heavy atom. The molecule has 0 atom stereocenters. The summed E-state index contributed by atoms with van der Waals surface area (Å²) in [7, 11) is -2.29. The van der Waals surface area contributed by atoms with E-state index in [0.717, 1.165) is 4.47 Å². The largest absolute Gasteiger partial charge is 0.495 e. The van der Waals surface area contributed by atoms with E-state index in [9.17, 15) is 8.42 Å². The molecule has 1 saturated heterocycles. The average Bonchev–Trinajstić information content (AvgIpc) is 2.83. The molecule has 7 heteroatoms. The number of anilines is 1. The minimum atomic E-state index is -3.70. The molecule has 1 aromatic rings. The fraction of sp³-hybridized carbons (Fsp3) is 0.400. The maximum Gasteiger partial charge on any atom is 0.268 e. The van der Waals surface area contributed by atoms with Crippen LogP contribution in [0.3, 0.4) is 0 Å². The molecule has 0 saturated carbocycles. The van der Waals surface area contributed by atoms with Crippen LogP contribution in [0.4, 0.5) is 5.69 Å². The van der Waals surface area contributed by atoms with Gasteiger partial charge in [-0.1, -0.05) is 4.47 Å². The molecule has 1 aliphatic heterocycles. The van der Waals surface area contributed by atoms with Crippen LogP contribution in [0.25, 0.3) is 0 Å². The lowest BCUT2D eigenvalue weighted by atomic mass is 10.3. The number of methoxy groups -OCH3 is 1. The Morgan fingerprint density at radius 2 is 2.24 bits per heavy atom. The summed E-state index contributed by atoms with van der Waals surface area (Å²) in [4.78, 5) is 5.09. The van der Waals surface area contributed by atoms with Crippen molar-refractivity contribution in [3.63, 3.8) is 0 Å². The van der Waals surface area contributed by atoms with Crippen molar-refractivity contribution in [2.24, 2.45) is 0 Å². The molecule has 0 radical (unpaired) electrons. The van der Waals surface area contributed by atoms with Gasteiger partial charge >= 0.3 is 0 Å². The van der Waals surface area contributed by atoms with Crippen LogP contribution in [0.5, 0.6) is 5.75 Å². The van der Waals surface area contributed by atoms with Crippen LogP contribution in [0, 0.1) is 0 Å². The number of hydrogen-bond acceptors (Lipinski definition) is 5. The Bertz CT molecular complexity index is 509. The Kier molecular flexibility index (Phi) is 3.23. The van der Waals surface area contributed by atoms with E-state index < -0.39 is 10.0 Å². The first-order chi connectivity index (χ1) is 8.05. The van der Waals surface area contributed by atoms with Crippen LogP contribution in [0.15, 0.2) is 23.1 Å². The smallest absolute Gasteiger partial charge is 0.268 e. The number of nitrogen functional groups attached to an aromatic ring is 1. The summed E-state index contributed by atoms with van der Waals surface area (Å²) in [5, 5.41) is 0. The van der Waals surface area contributed by atoms with Gasteiger partial charge in [0.05, 0.1) is 13.7 Å². The molecular formula is C10H14N2O4S.